The van der Waals surface area contributed by atoms with Crippen LogP contribution in [0.25, 0.3) is 0 Å². The molecule has 1 aromatic carbocycles. The lowest BCUT2D eigenvalue weighted by Gasteiger charge is -2.26. The van der Waals surface area contributed by atoms with Crippen molar-refractivity contribution in [1.29, 1.82) is 0 Å². The molecule has 3 N–H and O–H groups in total. The van der Waals surface area contributed by atoms with Crippen LogP contribution in [0.15, 0.2) is 24.3 Å². The zero-order chi connectivity index (χ0) is 16.8. The lowest BCUT2D eigenvalue weighted by Crippen LogP contribution is -2.43. The van der Waals surface area contributed by atoms with E-state index in [1.165, 1.54) is 36.0 Å². The molecule has 8 heteroatoms. The number of benzene rings is 1. The van der Waals surface area contributed by atoms with Crippen molar-refractivity contribution in [3.8, 4) is 0 Å². The van der Waals surface area contributed by atoms with Crippen molar-refractivity contribution in [1.82, 2.24) is 4.90 Å². The Kier molecular flexibility index (Phi) is 8.52. The molecule has 1 aliphatic heterocycles. The van der Waals surface area contributed by atoms with E-state index >= 15 is 0 Å². The molecule has 0 radical (unpaired) electrons. The zero-order valence-corrected chi connectivity index (χ0v) is 15.2. The Balaban J connectivity index is 0.00000288. The van der Waals surface area contributed by atoms with Crippen molar-refractivity contribution in [2.75, 3.05) is 24.2 Å². The summed E-state index contributed by atoms with van der Waals surface area (Å²) in [5.41, 5.74) is 6.23. The number of rotatable bonds is 6. The van der Waals surface area contributed by atoms with Crippen molar-refractivity contribution in [2.45, 2.75) is 31.1 Å². The zero-order valence-electron chi connectivity index (χ0n) is 13.5. The van der Waals surface area contributed by atoms with Crippen LogP contribution in [0.4, 0.5) is 10.1 Å². The summed E-state index contributed by atoms with van der Waals surface area (Å²) in [7, 11) is 0. The highest BCUT2D eigenvalue weighted by molar-refractivity contribution is 8.01. The van der Waals surface area contributed by atoms with Gasteiger partial charge >= 0.3 is 0 Å². The Morgan fingerprint density at radius 1 is 1.42 bits per heavy atom. The van der Waals surface area contributed by atoms with E-state index in [-0.39, 0.29) is 47.1 Å². The van der Waals surface area contributed by atoms with Crippen LogP contribution in [0.2, 0.25) is 0 Å². The van der Waals surface area contributed by atoms with Gasteiger partial charge < -0.3 is 16.0 Å². The third kappa shape index (κ3) is 5.65. The number of nitrogens with two attached hydrogens (primary N) is 1. The first-order valence-electron chi connectivity index (χ1n) is 7.69. The molecule has 1 saturated heterocycles. The van der Waals surface area contributed by atoms with Crippen LogP contribution >= 0.6 is 24.2 Å². The third-order valence-corrected chi connectivity index (χ3v) is 5.00. The molecule has 0 bridgehead atoms. The fraction of sp³-hybridized carbons (Fsp3) is 0.500. The van der Waals surface area contributed by atoms with Crippen molar-refractivity contribution >= 4 is 41.7 Å². The standard InChI is InChI=1S/C16H22FN3O2S.ClH/c1-11(16(22)20-8-2-3-14(20)9-18)23-10-15(21)19-13-6-4-12(17)5-7-13;/h4-7,11,14H,2-3,8-10,18H2,1H3,(H,19,21);1H. The van der Waals surface area contributed by atoms with E-state index in [0.29, 0.717) is 12.2 Å². The van der Waals surface area contributed by atoms with Crippen molar-refractivity contribution in [2.24, 2.45) is 5.73 Å². The Morgan fingerprint density at radius 2 is 2.08 bits per heavy atom. The molecule has 2 unspecified atom stereocenters. The summed E-state index contributed by atoms with van der Waals surface area (Å²) in [4.78, 5) is 26.1. The van der Waals surface area contributed by atoms with E-state index in [2.05, 4.69) is 5.32 Å². The fourth-order valence-electron chi connectivity index (χ4n) is 2.61. The molecule has 2 atom stereocenters. The molecule has 1 aromatic rings. The Labute approximate surface area is 151 Å². The lowest BCUT2D eigenvalue weighted by molar-refractivity contribution is -0.130. The summed E-state index contributed by atoms with van der Waals surface area (Å²) in [6, 6.07) is 5.70. The molecule has 5 nitrogen and oxygen atoms in total. The minimum Gasteiger partial charge on any atom is -0.337 e. The minimum absolute atomic E-state index is 0. The van der Waals surface area contributed by atoms with Gasteiger partial charge in [0.1, 0.15) is 5.82 Å². The average molecular weight is 376 g/mol. The molecule has 1 aliphatic rings. The predicted molar refractivity (Wildman–Crippen MR) is 98.0 cm³/mol. The normalized spacial score (nSPS) is 18.0. The summed E-state index contributed by atoms with van der Waals surface area (Å²) in [5, 5.41) is 2.39. The summed E-state index contributed by atoms with van der Waals surface area (Å²) < 4.78 is 12.8. The topological polar surface area (TPSA) is 75.4 Å². The Bertz CT molecular complexity index is 559. The Morgan fingerprint density at radius 3 is 2.71 bits per heavy atom. The van der Waals surface area contributed by atoms with Crippen molar-refractivity contribution in [3.63, 3.8) is 0 Å². The van der Waals surface area contributed by atoms with Crippen LogP contribution in [-0.4, -0.2) is 46.8 Å². The molecule has 1 fully saturated rings. The van der Waals surface area contributed by atoms with E-state index in [9.17, 15) is 14.0 Å². The smallest absolute Gasteiger partial charge is 0.235 e. The second-order valence-electron chi connectivity index (χ2n) is 5.57. The van der Waals surface area contributed by atoms with Crippen LogP contribution in [0, 0.1) is 5.82 Å². The quantitative estimate of drug-likeness (QED) is 0.799. The molecule has 0 saturated carbocycles. The van der Waals surface area contributed by atoms with Gasteiger partial charge in [0.05, 0.1) is 11.0 Å². The highest BCUT2D eigenvalue weighted by atomic mass is 35.5. The van der Waals surface area contributed by atoms with Crippen LogP contribution < -0.4 is 11.1 Å². The Hall–Kier alpha value is -1.31. The number of amides is 2. The fourth-order valence-corrected chi connectivity index (χ4v) is 3.36. The summed E-state index contributed by atoms with van der Waals surface area (Å²) in [6.45, 7) is 3.03. The SMILES string of the molecule is CC(SCC(=O)Nc1ccc(F)cc1)C(=O)N1CCCC1CN.Cl. The molecule has 1 heterocycles. The highest BCUT2D eigenvalue weighted by Crippen LogP contribution is 2.21. The number of halogens is 2. The van der Waals surface area contributed by atoms with Crippen LogP contribution in [0.3, 0.4) is 0 Å². The van der Waals surface area contributed by atoms with Gasteiger partial charge in [-0.05, 0) is 44.0 Å². The number of carbonyl (C=O) groups is 2. The van der Waals surface area contributed by atoms with Crippen molar-refractivity contribution < 1.29 is 14.0 Å². The maximum atomic E-state index is 12.8. The highest BCUT2D eigenvalue weighted by Gasteiger charge is 2.30. The minimum atomic E-state index is -0.350. The summed E-state index contributed by atoms with van der Waals surface area (Å²) >= 11 is 1.30. The van der Waals surface area contributed by atoms with Gasteiger partial charge in [-0.2, -0.15) is 0 Å². The number of hydrogen-bond acceptors (Lipinski definition) is 4. The molecular weight excluding hydrogens is 353 g/mol. The number of likely N-dealkylation sites (tertiary alicyclic amines) is 1. The van der Waals surface area contributed by atoms with E-state index in [1.54, 1.807) is 0 Å². The number of nitrogens with zero attached hydrogens (tertiary/aromatic N) is 1. The molecule has 0 spiro atoms. The van der Waals surface area contributed by atoms with Gasteiger partial charge in [0.25, 0.3) is 0 Å². The van der Waals surface area contributed by atoms with E-state index in [0.717, 1.165) is 19.4 Å². The van der Waals surface area contributed by atoms with E-state index in [1.807, 2.05) is 11.8 Å². The lowest BCUT2D eigenvalue weighted by atomic mass is 10.2. The van der Waals surface area contributed by atoms with Crippen LogP contribution in [-0.2, 0) is 9.59 Å². The molecule has 0 aromatic heterocycles. The van der Waals surface area contributed by atoms with Gasteiger partial charge in [-0.25, -0.2) is 4.39 Å². The first-order valence-corrected chi connectivity index (χ1v) is 8.73. The largest absolute Gasteiger partial charge is 0.337 e. The van der Waals surface area contributed by atoms with Gasteiger partial charge in [0.15, 0.2) is 0 Å². The molecule has 2 rings (SSSR count). The third-order valence-electron chi connectivity index (χ3n) is 3.87. The number of anilines is 1. The maximum absolute atomic E-state index is 12.8. The van der Waals surface area contributed by atoms with E-state index in [4.69, 9.17) is 5.73 Å². The van der Waals surface area contributed by atoms with Gasteiger partial charge in [0.2, 0.25) is 11.8 Å². The monoisotopic (exact) mass is 375 g/mol. The second kappa shape index (κ2) is 9.86. The average Bonchev–Trinajstić information content (AvgIpc) is 3.02. The number of nitrogens with one attached hydrogen (secondary N) is 1. The first-order chi connectivity index (χ1) is 11.0. The molecule has 2 amide bonds. The predicted octanol–water partition coefficient (Wildman–Crippen LogP) is 2.26. The molecule has 24 heavy (non-hydrogen) atoms. The summed E-state index contributed by atoms with van der Waals surface area (Å²) in [5.74, 6) is -0.349. The van der Waals surface area contributed by atoms with Crippen LogP contribution in [0.5, 0.6) is 0 Å². The van der Waals surface area contributed by atoms with Gasteiger partial charge in [-0.15, -0.1) is 24.2 Å². The molecular formula is C16H23ClFN3O2S. The molecule has 0 aliphatic carbocycles. The number of thioether (sulfide) groups is 1. The maximum Gasteiger partial charge on any atom is 0.235 e. The van der Waals surface area contributed by atoms with Crippen LogP contribution in [0.1, 0.15) is 19.8 Å². The second-order valence-corrected chi connectivity index (χ2v) is 6.90. The van der Waals surface area contributed by atoms with E-state index < -0.39 is 0 Å². The van der Waals surface area contributed by atoms with Crippen molar-refractivity contribution in [3.05, 3.63) is 30.1 Å². The first kappa shape index (κ1) is 20.7. The van der Waals surface area contributed by atoms with Gasteiger partial charge in [-0.1, -0.05) is 0 Å². The molecule has 134 valence electrons. The van der Waals surface area contributed by atoms with Gasteiger partial charge in [0, 0.05) is 24.8 Å². The number of carbonyl (C=O) groups excluding carboxylic acids is 2. The summed E-state index contributed by atoms with van der Waals surface area (Å²) in [6.07, 6.45) is 1.93. The number of hydrogen-bond donors (Lipinski definition) is 2. The van der Waals surface area contributed by atoms with Gasteiger partial charge in [-0.3, -0.25) is 9.59 Å².